The van der Waals surface area contributed by atoms with Crippen LogP contribution >= 0.6 is 0 Å². The zero-order chi connectivity index (χ0) is 11.7. The molecule has 0 radical (unpaired) electrons. The van der Waals surface area contributed by atoms with Crippen molar-refractivity contribution in [2.45, 2.75) is 31.6 Å². The van der Waals surface area contributed by atoms with Gasteiger partial charge in [-0.1, -0.05) is 12.8 Å². The van der Waals surface area contributed by atoms with Crippen molar-refractivity contribution in [1.29, 1.82) is 0 Å². The SMILES string of the molecule is Cn1c(C2CCCC2)nnc1N1CCNCC1. The Labute approximate surface area is 102 Å². The summed E-state index contributed by atoms with van der Waals surface area (Å²) in [6.07, 6.45) is 5.27. The Morgan fingerprint density at radius 2 is 1.82 bits per heavy atom. The van der Waals surface area contributed by atoms with Crippen molar-refractivity contribution >= 4 is 5.95 Å². The summed E-state index contributed by atoms with van der Waals surface area (Å²) < 4.78 is 2.21. The predicted molar refractivity (Wildman–Crippen MR) is 67.3 cm³/mol. The fraction of sp³-hybridized carbons (Fsp3) is 0.833. The minimum absolute atomic E-state index is 0.643. The molecule has 1 N–H and O–H groups in total. The maximum Gasteiger partial charge on any atom is 0.227 e. The monoisotopic (exact) mass is 235 g/mol. The first-order valence-electron chi connectivity index (χ1n) is 6.71. The van der Waals surface area contributed by atoms with E-state index in [4.69, 9.17) is 0 Å². The van der Waals surface area contributed by atoms with Crippen LogP contribution in [0.5, 0.6) is 0 Å². The number of piperazine rings is 1. The molecule has 3 rings (SSSR count). The van der Waals surface area contributed by atoms with E-state index in [1.165, 1.54) is 31.5 Å². The number of rotatable bonds is 2. The Bertz CT molecular complexity index is 374. The van der Waals surface area contributed by atoms with Crippen molar-refractivity contribution < 1.29 is 0 Å². The van der Waals surface area contributed by atoms with Gasteiger partial charge in [0.15, 0.2) is 0 Å². The van der Waals surface area contributed by atoms with Crippen LogP contribution in [-0.2, 0) is 7.05 Å². The van der Waals surface area contributed by atoms with E-state index in [9.17, 15) is 0 Å². The molecule has 1 aromatic rings. The number of anilines is 1. The van der Waals surface area contributed by atoms with Crippen LogP contribution in [0.4, 0.5) is 5.95 Å². The van der Waals surface area contributed by atoms with E-state index in [0.29, 0.717) is 5.92 Å². The average molecular weight is 235 g/mol. The van der Waals surface area contributed by atoms with Gasteiger partial charge in [0, 0.05) is 39.1 Å². The smallest absolute Gasteiger partial charge is 0.227 e. The van der Waals surface area contributed by atoms with Crippen LogP contribution in [0.25, 0.3) is 0 Å². The van der Waals surface area contributed by atoms with Gasteiger partial charge in [0.1, 0.15) is 5.82 Å². The van der Waals surface area contributed by atoms with Gasteiger partial charge in [-0.25, -0.2) is 0 Å². The second kappa shape index (κ2) is 4.64. The predicted octanol–water partition coefficient (Wildman–Crippen LogP) is 0.882. The van der Waals surface area contributed by atoms with E-state index in [1.54, 1.807) is 0 Å². The minimum atomic E-state index is 0.643. The zero-order valence-electron chi connectivity index (χ0n) is 10.5. The number of hydrogen-bond acceptors (Lipinski definition) is 4. The highest BCUT2D eigenvalue weighted by Gasteiger charge is 2.25. The lowest BCUT2D eigenvalue weighted by Gasteiger charge is -2.27. The zero-order valence-corrected chi connectivity index (χ0v) is 10.5. The molecule has 0 amide bonds. The van der Waals surface area contributed by atoms with E-state index in [1.807, 2.05) is 0 Å². The molecule has 17 heavy (non-hydrogen) atoms. The molecule has 2 fully saturated rings. The molecule has 5 nitrogen and oxygen atoms in total. The summed E-state index contributed by atoms with van der Waals surface area (Å²) in [4.78, 5) is 2.34. The number of nitrogens with zero attached hydrogens (tertiary/aromatic N) is 4. The third kappa shape index (κ3) is 2.04. The van der Waals surface area contributed by atoms with Crippen molar-refractivity contribution in [2.75, 3.05) is 31.1 Å². The Balaban J connectivity index is 1.80. The van der Waals surface area contributed by atoms with Gasteiger partial charge in [0.2, 0.25) is 5.95 Å². The van der Waals surface area contributed by atoms with Gasteiger partial charge in [-0.15, -0.1) is 10.2 Å². The number of hydrogen-bond donors (Lipinski definition) is 1. The molecule has 2 aliphatic rings. The van der Waals surface area contributed by atoms with E-state index >= 15 is 0 Å². The van der Waals surface area contributed by atoms with Crippen molar-refractivity contribution in [3.8, 4) is 0 Å². The third-order valence-corrected chi connectivity index (χ3v) is 4.01. The lowest BCUT2D eigenvalue weighted by molar-refractivity contribution is 0.568. The summed E-state index contributed by atoms with van der Waals surface area (Å²) in [5.41, 5.74) is 0. The molecule has 1 aromatic heterocycles. The normalized spacial score (nSPS) is 22.3. The number of nitrogens with one attached hydrogen (secondary N) is 1. The first-order valence-corrected chi connectivity index (χ1v) is 6.71. The summed E-state index contributed by atoms with van der Waals surface area (Å²) >= 11 is 0. The van der Waals surface area contributed by atoms with Gasteiger partial charge < -0.3 is 14.8 Å². The lowest BCUT2D eigenvalue weighted by Crippen LogP contribution is -2.44. The molecule has 0 unspecified atom stereocenters. The second-order valence-electron chi connectivity index (χ2n) is 5.14. The molecule has 94 valence electrons. The molecule has 0 aromatic carbocycles. The number of aromatic nitrogens is 3. The average Bonchev–Trinajstić information content (AvgIpc) is 2.99. The van der Waals surface area contributed by atoms with Crippen molar-refractivity contribution in [3.05, 3.63) is 5.82 Å². The van der Waals surface area contributed by atoms with Crippen LogP contribution in [-0.4, -0.2) is 40.9 Å². The van der Waals surface area contributed by atoms with Gasteiger partial charge in [-0.2, -0.15) is 0 Å². The van der Waals surface area contributed by atoms with Crippen molar-refractivity contribution in [3.63, 3.8) is 0 Å². The second-order valence-corrected chi connectivity index (χ2v) is 5.14. The largest absolute Gasteiger partial charge is 0.338 e. The third-order valence-electron chi connectivity index (χ3n) is 4.01. The molecule has 1 saturated heterocycles. The van der Waals surface area contributed by atoms with Crippen LogP contribution in [0.3, 0.4) is 0 Å². The summed E-state index contributed by atoms with van der Waals surface area (Å²) in [6.45, 7) is 4.17. The highest BCUT2D eigenvalue weighted by atomic mass is 15.4. The first kappa shape index (κ1) is 11.0. The molecule has 1 aliphatic heterocycles. The van der Waals surface area contributed by atoms with Gasteiger partial charge in [-0.3, -0.25) is 0 Å². The molecule has 0 spiro atoms. The van der Waals surface area contributed by atoms with E-state index < -0.39 is 0 Å². The molecule has 0 bridgehead atoms. The Morgan fingerprint density at radius 3 is 2.53 bits per heavy atom. The fourth-order valence-corrected chi connectivity index (χ4v) is 3.01. The molecule has 5 heteroatoms. The van der Waals surface area contributed by atoms with Gasteiger partial charge >= 0.3 is 0 Å². The highest BCUT2D eigenvalue weighted by molar-refractivity contribution is 5.32. The molecule has 1 aliphatic carbocycles. The molecule has 1 saturated carbocycles. The van der Waals surface area contributed by atoms with Crippen LogP contribution in [0, 0.1) is 0 Å². The quantitative estimate of drug-likeness (QED) is 0.826. The maximum atomic E-state index is 4.42. The van der Waals surface area contributed by atoms with Gasteiger partial charge in [-0.05, 0) is 12.8 Å². The Kier molecular flexibility index (Phi) is 3.01. The van der Waals surface area contributed by atoms with E-state index in [0.717, 1.165) is 32.1 Å². The first-order chi connectivity index (χ1) is 8.36. The van der Waals surface area contributed by atoms with Crippen LogP contribution < -0.4 is 10.2 Å². The fourth-order valence-electron chi connectivity index (χ4n) is 3.01. The van der Waals surface area contributed by atoms with Crippen LogP contribution in [0.15, 0.2) is 0 Å². The van der Waals surface area contributed by atoms with Crippen LogP contribution in [0.2, 0.25) is 0 Å². The summed E-state index contributed by atoms with van der Waals surface area (Å²) in [5.74, 6) is 2.88. The Hall–Kier alpha value is -1.10. The van der Waals surface area contributed by atoms with Crippen LogP contribution in [0.1, 0.15) is 37.4 Å². The molecule has 0 atom stereocenters. The topological polar surface area (TPSA) is 46.0 Å². The maximum absolute atomic E-state index is 4.42. The lowest BCUT2D eigenvalue weighted by atomic mass is 10.1. The van der Waals surface area contributed by atoms with Crippen molar-refractivity contribution in [2.24, 2.45) is 7.05 Å². The molecular formula is C12H21N5. The summed E-state index contributed by atoms with van der Waals surface area (Å²) in [5, 5.41) is 12.2. The van der Waals surface area contributed by atoms with Gasteiger partial charge in [0.25, 0.3) is 0 Å². The minimum Gasteiger partial charge on any atom is -0.338 e. The summed E-state index contributed by atoms with van der Waals surface area (Å²) in [7, 11) is 2.12. The standard InChI is InChI=1S/C12H21N5/c1-16-11(10-4-2-3-5-10)14-15-12(16)17-8-6-13-7-9-17/h10,13H,2-9H2,1H3. The molecule has 2 heterocycles. The summed E-state index contributed by atoms with van der Waals surface area (Å²) in [6, 6.07) is 0. The highest BCUT2D eigenvalue weighted by Crippen LogP contribution is 2.33. The van der Waals surface area contributed by atoms with Crippen molar-refractivity contribution in [1.82, 2.24) is 20.1 Å². The Morgan fingerprint density at radius 1 is 1.12 bits per heavy atom. The van der Waals surface area contributed by atoms with E-state index in [2.05, 4.69) is 32.0 Å². The molecular weight excluding hydrogens is 214 g/mol. The van der Waals surface area contributed by atoms with E-state index in [-0.39, 0.29) is 0 Å². The van der Waals surface area contributed by atoms with Gasteiger partial charge in [0.05, 0.1) is 0 Å².